The van der Waals surface area contributed by atoms with Gasteiger partial charge in [0.05, 0.1) is 19.8 Å². The van der Waals surface area contributed by atoms with Crippen LogP contribution in [0.1, 0.15) is 49.9 Å². The third-order valence-electron chi connectivity index (χ3n) is 3.28. The number of ether oxygens (including phenoxy) is 2. The van der Waals surface area contributed by atoms with Gasteiger partial charge in [-0.15, -0.1) is 0 Å². The molecule has 0 aromatic heterocycles. The number of nitrogens with two attached hydrogens (primary N) is 1. The van der Waals surface area contributed by atoms with Crippen molar-refractivity contribution in [3.05, 3.63) is 23.8 Å². The van der Waals surface area contributed by atoms with Gasteiger partial charge >= 0.3 is 0 Å². The van der Waals surface area contributed by atoms with E-state index >= 15 is 0 Å². The molecule has 0 saturated carbocycles. The van der Waals surface area contributed by atoms with Crippen LogP contribution >= 0.6 is 0 Å². The maximum Gasteiger partial charge on any atom is 0.152 e. The monoisotopic (exact) mass is 339 g/mol. The van der Waals surface area contributed by atoms with E-state index in [9.17, 15) is 9.59 Å². The predicted octanol–water partition coefficient (Wildman–Crippen LogP) is 2.62. The molecule has 1 aromatic rings. The Labute approximate surface area is 144 Å². The number of benzene rings is 1. The van der Waals surface area contributed by atoms with E-state index < -0.39 is 0 Å². The summed E-state index contributed by atoms with van der Waals surface area (Å²) >= 11 is 0. The first kappa shape index (κ1) is 22.1. The number of Topliss-reactive ketones (excluding diaryl/α,β-unsaturated/α-hetero) is 1. The molecule has 0 aliphatic carbocycles. The highest BCUT2D eigenvalue weighted by Gasteiger charge is 2.04. The Bertz CT molecular complexity index is 490. The highest BCUT2D eigenvalue weighted by molar-refractivity contribution is 5.83. The first-order chi connectivity index (χ1) is 11.2. The van der Waals surface area contributed by atoms with Gasteiger partial charge in [-0.2, -0.15) is 0 Å². The number of hydrogen-bond acceptors (Lipinski definition) is 6. The van der Waals surface area contributed by atoms with Crippen LogP contribution in [0.4, 0.5) is 5.69 Å². The number of aliphatic hydroxyl groups is 1. The minimum absolute atomic E-state index is 0. The third kappa shape index (κ3) is 9.27. The molecule has 6 heteroatoms. The molecule has 0 spiro atoms. The van der Waals surface area contributed by atoms with Crippen molar-refractivity contribution in [1.29, 1.82) is 0 Å². The average Bonchev–Trinajstić information content (AvgIpc) is 2.55. The van der Waals surface area contributed by atoms with Gasteiger partial charge in [0.1, 0.15) is 11.5 Å². The van der Waals surface area contributed by atoms with Crippen LogP contribution in [0.15, 0.2) is 18.2 Å². The third-order valence-corrected chi connectivity index (χ3v) is 3.28. The fourth-order valence-corrected chi connectivity index (χ4v) is 2.03. The summed E-state index contributed by atoms with van der Waals surface area (Å²) in [5.74, 6) is 0.813. The summed E-state index contributed by atoms with van der Waals surface area (Å²) in [6.07, 6.45) is 4.00. The molecule has 0 saturated heterocycles. The van der Waals surface area contributed by atoms with Crippen molar-refractivity contribution in [2.75, 3.05) is 32.2 Å². The highest BCUT2D eigenvalue weighted by atomic mass is 16.5. The van der Waals surface area contributed by atoms with Crippen molar-refractivity contribution in [2.45, 2.75) is 39.5 Å². The second-order valence-electron chi connectivity index (χ2n) is 5.19. The van der Waals surface area contributed by atoms with Gasteiger partial charge in [-0.05, 0) is 31.4 Å². The van der Waals surface area contributed by atoms with Gasteiger partial charge in [0, 0.05) is 36.8 Å². The van der Waals surface area contributed by atoms with Gasteiger partial charge in [0.2, 0.25) is 0 Å². The molecule has 0 bridgehead atoms. The molecule has 136 valence electrons. The van der Waals surface area contributed by atoms with Crippen LogP contribution in [0, 0.1) is 0 Å². The van der Waals surface area contributed by atoms with Gasteiger partial charge in [0.15, 0.2) is 6.29 Å². The van der Waals surface area contributed by atoms with Crippen LogP contribution in [-0.4, -0.2) is 43.6 Å². The minimum atomic E-state index is 0. The zero-order valence-electron chi connectivity index (χ0n) is 13.3. The van der Waals surface area contributed by atoms with E-state index in [2.05, 4.69) is 0 Å². The maximum atomic E-state index is 11.7. The van der Waals surface area contributed by atoms with Crippen LogP contribution in [-0.2, 0) is 9.53 Å². The molecule has 0 aliphatic heterocycles. The van der Waals surface area contributed by atoms with Gasteiger partial charge < -0.3 is 20.3 Å². The molecule has 6 nitrogen and oxygen atoms in total. The first-order valence-corrected chi connectivity index (χ1v) is 7.85. The normalized spacial score (nSPS) is 10.0. The van der Waals surface area contributed by atoms with Crippen LogP contribution in [0.25, 0.3) is 0 Å². The van der Waals surface area contributed by atoms with Crippen molar-refractivity contribution in [2.24, 2.45) is 0 Å². The number of aldehydes is 1. The quantitative estimate of drug-likeness (QED) is 0.326. The van der Waals surface area contributed by atoms with E-state index in [1.165, 1.54) is 0 Å². The van der Waals surface area contributed by atoms with Gasteiger partial charge in [-0.3, -0.25) is 9.59 Å². The van der Waals surface area contributed by atoms with Crippen LogP contribution in [0.5, 0.6) is 5.75 Å². The van der Waals surface area contributed by atoms with E-state index in [4.69, 9.17) is 20.3 Å². The lowest BCUT2D eigenvalue weighted by atomic mass is 10.1. The molecule has 0 radical (unpaired) electrons. The molecule has 1 rings (SSSR count). The number of aliphatic hydroxyl groups excluding tert-OH is 1. The summed E-state index contributed by atoms with van der Waals surface area (Å²) < 4.78 is 10.6. The molecule has 0 fully saturated rings. The van der Waals surface area contributed by atoms with Crippen molar-refractivity contribution in [1.82, 2.24) is 0 Å². The fourth-order valence-electron chi connectivity index (χ4n) is 2.03. The van der Waals surface area contributed by atoms with Gasteiger partial charge in [-0.1, -0.05) is 7.43 Å². The molecular formula is C18H29NO5. The van der Waals surface area contributed by atoms with E-state index in [1.54, 1.807) is 18.2 Å². The van der Waals surface area contributed by atoms with Crippen molar-refractivity contribution < 1.29 is 24.2 Å². The molecule has 0 unspecified atom stereocenters. The van der Waals surface area contributed by atoms with Crippen LogP contribution < -0.4 is 10.5 Å². The SMILES string of the molecule is C.Nc1cc(OCCCC(=O)CCCCOCCO)ccc1C=O. The average molecular weight is 339 g/mol. The summed E-state index contributed by atoms with van der Waals surface area (Å²) in [5.41, 5.74) is 6.52. The number of rotatable bonds is 13. The molecule has 0 heterocycles. The van der Waals surface area contributed by atoms with E-state index in [1.807, 2.05) is 0 Å². The number of ketones is 1. The molecule has 24 heavy (non-hydrogen) atoms. The topological polar surface area (TPSA) is 98.8 Å². The van der Waals surface area contributed by atoms with Crippen molar-refractivity contribution in [3.8, 4) is 5.75 Å². The Hall–Kier alpha value is -1.92. The summed E-state index contributed by atoms with van der Waals surface area (Å²) in [7, 11) is 0. The van der Waals surface area contributed by atoms with Crippen LogP contribution in [0.2, 0.25) is 0 Å². The second-order valence-corrected chi connectivity index (χ2v) is 5.19. The number of anilines is 1. The largest absolute Gasteiger partial charge is 0.494 e. The van der Waals surface area contributed by atoms with Gasteiger partial charge in [0.25, 0.3) is 0 Å². The lowest BCUT2D eigenvalue weighted by molar-refractivity contribution is -0.119. The molecular weight excluding hydrogens is 310 g/mol. The number of carbonyl (C=O) groups is 2. The summed E-state index contributed by atoms with van der Waals surface area (Å²) in [6.45, 7) is 1.40. The molecule has 1 aromatic carbocycles. The Balaban J connectivity index is 0.00000529. The van der Waals surface area contributed by atoms with Crippen molar-refractivity contribution in [3.63, 3.8) is 0 Å². The summed E-state index contributed by atoms with van der Waals surface area (Å²) in [6, 6.07) is 4.91. The fraction of sp³-hybridized carbons (Fsp3) is 0.556. The van der Waals surface area contributed by atoms with E-state index in [-0.39, 0.29) is 19.8 Å². The van der Waals surface area contributed by atoms with Crippen molar-refractivity contribution >= 4 is 17.8 Å². The molecule has 3 N–H and O–H groups in total. The lowest BCUT2D eigenvalue weighted by Crippen LogP contribution is -2.05. The molecule has 0 aliphatic rings. The molecule has 0 atom stereocenters. The van der Waals surface area contributed by atoms with Crippen LogP contribution in [0.3, 0.4) is 0 Å². The summed E-state index contributed by atoms with van der Waals surface area (Å²) in [4.78, 5) is 22.3. The standard InChI is InChI=1S/C17H25NO5.CH4/c18-17-12-16(7-6-14(17)13-20)23-10-3-5-15(21)4-1-2-9-22-11-8-19;/h6-7,12-13,19H,1-5,8-11,18H2;1H4. The number of hydrogen-bond donors (Lipinski definition) is 2. The second kappa shape index (κ2) is 13.5. The number of nitrogen functional groups attached to an aromatic ring is 1. The smallest absolute Gasteiger partial charge is 0.152 e. The predicted molar refractivity (Wildman–Crippen MR) is 94.5 cm³/mol. The van der Waals surface area contributed by atoms with Gasteiger partial charge in [-0.25, -0.2) is 0 Å². The summed E-state index contributed by atoms with van der Waals surface area (Å²) in [5, 5.41) is 8.54. The highest BCUT2D eigenvalue weighted by Crippen LogP contribution is 2.18. The Morgan fingerprint density at radius 2 is 1.88 bits per heavy atom. The Morgan fingerprint density at radius 3 is 2.54 bits per heavy atom. The zero-order chi connectivity index (χ0) is 16.9. The van der Waals surface area contributed by atoms with E-state index in [0.29, 0.717) is 62.4 Å². The number of carbonyl (C=O) groups excluding carboxylic acids is 2. The molecule has 0 amide bonds. The zero-order valence-corrected chi connectivity index (χ0v) is 13.3. The van der Waals surface area contributed by atoms with E-state index in [0.717, 1.165) is 12.8 Å². The Kier molecular flexibility index (Phi) is 12.4. The maximum absolute atomic E-state index is 11.7. The minimum Gasteiger partial charge on any atom is -0.494 e. The first-order valence-electron chi connectivity index (χ1n) is 7.85. The number of unbranched alkanes of at least 4 members (excludes halogenated alkanes) is 1. The Morgan fingerprint density at radius 1 is 1.12 bits per heavy atom. The lowest BCUT2D eigenvalue weighted by Gasteiger charge is -2.07.